The van der Waals surface area contributed by atoms with E-state index in [4.69, 9.17) is 16.1 Å². The van der Waals surface area contributed by atoms with Gasteiger partial charge in [0.1, 0.15) is 17.7 Å². The van der Waals surface area contributed by atoms with Gasteiger partial charge < -0.3 is 14.9 Å². The van der Waals surface area contributed by atoms with Gasteiger partial charge in [0.25, 0.3) is 0 Å². The van der Waals surface area contributed by atoms with Gasteiger partial charge in [-0.2, -0.15) is 0 Å². The molecule has 1 atom stereocenters. The number of hydrogen-bond donors (Lipinski definition) is 2. The van der Waals surface area contributed by atoms with E-state index in [1.165, 1.54) is 6.26 Å². The Balaban J connectivity index is 1.80. The Morgan fingerprint density at radius 2 is 1.92 bits per heavy atom. The molecule has 5 nitrogen and oxygen atoms in total. The fourth-order valence-electron chi connectivity index (χ4n) is 2.67. The molecule has 0 spiro atoms. The number of benzene rings is 2. The normalized spacial score (nSPS) is 11.9. The zero-order valence-corrected chi connectivity index (χ0v) is 14.1. The number of aromatic nitrogens is 1. The van der Waals surface area contributed by atoms with Crippen molar-refractivity contribution in [3.8, 4) is 5.75 Å². The molecule has 1 amide bonds. The summed E-state index contributed by atoms with van der Waals surface area (Å²) in [6, 6.07) is 16.0. The molecular weight excluding hydrogens is 340 g/mol. The molecule has 3 rings (SSSR count). The van der Waals surface area contributed by atoms with Gasteiger partial charge in [-0.25, -0.2) is 0 Å². The lowest BCUT2D eigenvalue weighted by Gasteiger charge is -2.18. The molecule has 0 aliphatic heterocycles. The molecule has 1 aromatic heterocycles. The highest BCUT2D eigenvalue weighted by Gasteiger charge is 2.19. The van der Waals surface area contributed by atoms with Crippen molar-refractivity contribution >= 4 is 17.5 Å². The first-order valence-electron chi connectivity index (χ1n) is 7.82. The SMILES string of the molecule is O=C(CC(c1cccc(O)c1)c1cccc(Cl)c1)NCc1ccon1. The topological polar surface area (TPSA) is 75.4 Å². The van der Waals surface area contributed by atoms with Gasteiger partial charge in [0.2, 0.25) is 5.91 Å². The summed E-state index contributed by atoms with van der Waals surface area (Å²) < 4.78 is 4.75. The predicted molar refractivity (Wildman–Crippen MR) is 94.4 cm³/mol. The Kier molecular flexibility index (Phi) is 5.36. The molecule has 2 N–H and O–H groups in total. The first kappa shape index (κ1) is 17.0. The number of phenolic OH excluding ortho intramolecular Hbond substituents is 1. The standard InChI is InChI=1S/C19H17ClN2O3/c20-15-5-1-3-13(9-15)18(14-4-2-6-17(23)10-14)11-19(24)21-12-16-7-8-25-22-16/h1-10,18,23H,11-12H2,(H,21,24). The van der Waals surface area contributed by atoms with E-state index in [9.17, 15) is 9.90 Å². The third-order valence-corrected chi connectivity index (χ3v) is 4.11. The van der Waals surface area contributed by atoms with Crippen molar-refractivity contribution in [2.24, 2.45) is 0 Å². The molecule has 3 aromatic rings. The van der Waals surface area contributed by atoms with Crippen LogP contribution < -0.4 is 5.32 Å². The zero-order chi connectivity index (χ0) is 17.6. The van der Waals surface area contributed by atoms with Gasteiger partial charge in [-0.15, -0.1) is 0 Å². The maximum Gasteiger partial charge on any atom is 0.221 e. The predicted octanol–water partition coefficient (Wildman–Crippen LogP) is 3.87. The third kappa shape index (κ3) is 4.61. The van der Waals surface area contributed by atoms with Crippen LogP contribution in [0.25, 0.3) is 0 Å². The number of halogens is 1. The number of phenols is 1. The van der Waals surface area contributed by atoms with E-state index < -0.39 is 0 Å². The van der Waals surface area contributed by atoms with Crippen molar-refractivity contribution in [1.82, 2.24) is 10.5 Å². The molecule has 0 aliphatic rings. The summed E-state index contributed by atoms with van der Waals surface area (Å²) >= 11 is 6.10. The number of nitrogens with zero attached hydrogens (tertiary/aromatic N) is 1. The van der Waals surface area contributed by atoms with E-state index in [2.05, 4.69) is 10.5 Å². The fraction of sp³-hybridized carbons (Fsp3) is 0.158. The second kappa shape index (κ2) is 7.85. The Labute approximate surface area is 150 Å². The number of carbonyl (C=O) groups excluding carboxylic acids is 1. The maximum absolute atomic E-state index is 12.4. The third-order valence-electron chi connectivity index (χ3n) is 3.87. The van der Waals surface area contributed by atoms with E-state index >= 15 is 0 Å². The van der Waals surface area contributed by atoms with Crippen LogP contribution >= 0.6 is 11.6 Å². The molecule has 1 heterocycles. The first-order chi connectivity index (χ1) is 12.1. The smallest absolute Gasteiger partial charge is 0.221 e. The average molecular weight is 357 g/mol. The molecular formula is C19H17ClN2O3. The summed E-state index contributed by atoms with van der Waals surface area (Å²) in [7, 11) is 0. The molecule has 128 valence electrons. The molecule has 0 saturated carbocycles. The second-order valence-electron chi connectivity index (χ2n) is 5.67. The van der Waals surface area contributed by atoms with Crippen molar-refractivity contribution in [2.45, 2.75) is 18.9 Å². The molecule has 0 fully saturated rings. The number of carbonyl (C=O) groups is 1. The van der Waals surface area contributed by atoms with Crippen LogP contribution in [0.15, 0.2) is 65.4 Å². The molecule has 0 saturated heterocycles. The number of amides is 1. The van der Waals surface area contributed by atoms with Gasteiger partial charge in [-0.3, -0.25) is 4.79 Å². The van der Waals surface area contributed by atoms with Gasteiger partial charge in [0.15, 0.2) is 0 Å². The summed E-state index contributed by atoms with van der Waals surface area (Å²) in [5.41, 5.74) is 2.42. The van der Waals surface area contributed by atoms with Gasteiger partial charge >= 0.3 is 0 Å². The van der Waals surface area contributed by atoms with Crippen LogP contribution in [-0.2, 0) is 11.3 Å². The fourth-order valence-corrected chi connectivity index (χ4v) is 2.87. The minimum Gasteiger partial charge on any atom is -0.508 e. The highest BCUT2D eigenvalue weighted by molar-refractivity contribution is 6.30. The van der Waals surface area contributed by atoms with Crippen molar-refractivity contribution < 1.29 is 14.4 Å². The Bertz CT molecular complexity index is 804. The highest BCUT2D eigenvalue weighted by atomic mass is 35.5. The Morgan fingerprint density at radius 1 is 1.16 bits per heavy atom. The summed E-state index contributed by atoms with van der Waals surface area (Å²) in [4.78, 5) is 12.4. The van der Waals surface area contributed by atoms with Gasteiger partial charge in [-0.05, 0) is 35.4 Å². The average Bonchev–Trinajstić information content (AvgIpc) is 3.11. The largest absolute Gasteiger partial charge is 0.508 e. The summed E-state index contributed by atoms with van der Waals surface area (Å²) in [5, 5.41) is 17.0. The Hall–Kier alpha value is -2.79. The van der Waals surface area contributed by atoms with Crippen LogP contribution in [0.5, 0.6) is 5.75 Å². The number of aromatic hydroxyl groups is 1. The lowest BCUT2D eigenvalue weighted by atomic mass is 9.88. The molecule has 6 heteroatoms. The van der Waals surface area contributed by atoms with E-state index in [1.54, 1.807) is 30.3 Å². The van der Waals surface area contributed by atoms with Crippen LogP contribution in [0, 0.1) is 0 Å². The molecule has 0 radical (unpaired) electrons. The second-order valence-corrected chi connectivity index (χ2v) is 6.11. The summed E-state index contributed by atoms with van der Waals surface area (Å²) in [5.74, 6) is -0.188. The van der Waals surface area contributed by atoms with Gasteiger partial charge in [-0.1, -0.05) is 41.0 Å². The first-order valence-corrected chi connectivity index (χ1v) is 8.20. The maximum atomic E-state index is 12.4. The summed E-state index contributed by atoms with van der Waals surface area (Å²) in [6.45, 7) is 0.303. The van der Waals surface area contributed by atoms with Crippen LogP contribution in [0.1, 0.15) is 29.2 Å². The Morgan fingerprint density at radius 3 is 2.60 bits per heavy atom. The van der Waals surface area contributed by atoms with Crippen molar-refractivity contribution in [3.63, 3.8) is 0 Å². The van der Waals surface area contributed by atoms with Crippen molar-refractivity contribution in [2.75, 3.05) is 0 Å². The van der Waals surface area contributed by atoms with E-state index in [1.807, 2.05) is 24.3 Å². The van der Waals surface area contributed by atoms with Crippen LogP contribution in [0.4, 0.5) is 0 Å². The molecule has 1 unspecified atom stereocenters. The number of hydrogen-bond acceptors (Lipinski definition) is 4. The lowest BCUT2D eigenvalue weighted by molar-refractivity contribution is -0.121. The van der Waals surface area contributed by atoms with Gasteiger partial charge in [0, 0.05) is 23.4 Å². The van der Waals surface area contributed by atoms with E-state index in [0.717, 1.165) is 11.1 Å². The highest BCUT2D eigenvalue weighted by Crippen LogP contribution is 2.31. The summed E-state index contributed by atoms with van der Waals surface area (Å²) in [6.07, 6.45) is 1.69. The van der Waals surface area contributed by atoms with Gasteiger partial charge in [0.05, 0.1) is 6.54 Å². The van der Waals surface area contributed by atoms with E-state index in [0.29, 0.717) is 17.3 Å². The van der Waals surface area contributed by atoms with Crippen LogP contribution in [-0.4, -0.2) is 16.2 Å². The van der Waals surface area contributed by atoms with Crippen LogP contribution in [0.3, 0.4) is 0 Å². The van der Waals surface area contributed by atoms with Crippen molar-refractivity contribution in [3.05, 3.63) is 82.7 Å². The molecule has 0 aliphatic carbocycles. The lowest BCUT2D eigenvalue weighted by Crippen LogP contribution is -2.25. The number of rotatable bonds is 6. The van der Waals surface area contributed by atoms with Crippen LogP contribution in [0.2, 0.25) is 5.02 Å². The van der Waals surface area contributed by atoms with Crippen molar-refractivity contribution in [1.29, 1.82) is 0 Å². The molecule has 25 heavy (non-hydrogen) atoms. The zero-order valence-electron chi connectivity index (χ0n) is 13.4. The minimum atomic E-state index is -0.219. The quantitative estimate of drug-likeness (QED) is 0.703. The minimum absolute atomic E-state index is 0.128. The van der Waals surface area contributed by atoms with E-state index in [-0.39, 0.29) is 24.0 Å². The molecule has 2 aromatic carbocycles. The monoisotopic (exact) mass is 356 g/mol. The number of nitrogens with one attached hydrogen (secondary N) is 1. The molecule has 0 bridgehead atoms.